The highest BCUT2D eigenvalue weighted by atomic mass is 16.1. The summed E-state index contributed by atoms with van der Waals surface area (Å²) >= 11 is 0. The minimum Gasteiger partial charge on any atom is -0.355 e. The Bertz CT molecular complexity index is 512. The first-order valence-corrected chi connectivity index (χ1v) is 6.39. The third-order valence-corrected chi connectivity index (χ3v) is 3.14. The summed E-state index contributed by atoms with van der Waals surface area (Å²) in [5.74, 6) is -0.0182. The van der Waals surface area contributed by atoms with Gasteiger partial charge in [0.1, 0.15) is 0 Å². The average molecular weight is 258 g/mol. The number of rotatable bonds is 3. The van der Waals surface area contributed by atoms with Crippen LogP contribution in [0.2, 0.25) is 0 Å². The van der Waals surface area contributed by atoms with Gasteiger partial charge in [-0.25, -0.2) is 0 Å². The molecule has 2 aliphatic rings. The van der Waals surface area contributed by atoms with Crippen molar-refractivity contribution in [2.45, 2.75) is 25.7 Å². The number of hydrogen-bond acceptors (Lipinski definition) is 4. The minimum absolute atomic E-state index is 0.0182. The summed E-state index contributed by atoms with van der Waals surface area (Å²) < 4.78 is 0. The van der Waals surface area contributed by atoms with Gasteiger partial charge < -0.3 is 10.7 Å². The Balaban J connectivity index is 1.95. The zero-order valence-corrected chi connectivity index (χ0v) is 11.0. The van der Waals surface area contributed by atoms with Crippen molar-refractivity contribution >= 4 is 17.3 Å². The largest absolute Gasteiger partial charge is 0.355 e. The van der Waals surface area contributed by atoms with Gasteiger partial charge in [0.05, 0.1) is 5.71 Å². The summed E-state index contributed by atoms with van der Waals surface area (Å²) in [5, 5.41) is 14.4. The van der Waals surface area contributed by atoms with Gasteiger partial charge in [-0.2, -0.15) is 5.10 Å². The van der Waals surface area contributed by atoms with Gasteiger partial charge in [0.25, 0.3) is 0 Å². The van der Waals surface area contributed by atoms with Crippen LogP contribution in [0.4, 0.5) is 0 Å². The molecule has 19 heavy (non-hydrogen) atoms. The molecule has 3 N–H and O–H groups in total. The molecule has 0 aromatic rings. The first kappa shape index (κ1) is 13.3. The van der Waals surface area contributed by atoms with Crippen LogP contribution in [0.15, 0.2) is 40.7 Å². The van der Waals surface area contributed by atoms with Gasteiger partial charge in [-0.15, -0.1) is 0 Å². The third kappa shape index (κ3) is 3.64. The van der Waals surface area contributed by atoms with Crippen LogP contribution in [-0.4, -0.2) is 24.4 Å². The van der Waals surface area contributed by atoms with Crippen LogP contribution in [0.5, 0.6) is 0 Å². The molecule has 0 atom stereocenters. The highest BCUT2D eigenvalue weighted by Gasteiger charge is 2.12. The van der Waals surface area contributed by atoms with Crippen LogP contribution in [0.3, 0.4) is 0 Å². The first-order valence-electron chi connectivity index (χ1n) is 6.39. The van der Waals surface area contributed by atoms with Crippen molar-refractivity contribution in [2.24, 2.45) is 5.10 Å². The Kier molecular flexibility index (Phi) is 4.28. The summed E-state index contributed by atoms with van der Waals surface area (Å²) in [6.07, 6.45) is 10.4. The zero-order valence-electron chi connectivity index (χ0n) is 11.0. The van der Waals surface area contributed by atoms with E-state index in [-0.39, 0.29) is 5.91 Å². The Labute approximate surface area is 112 Å². The van der Waals surface area contributed by atoms with Gasteiger partial charge >= 0.3 is 0 Å². The van der Waals surface area contributed by atoms with E-state index in [9.17, 15) is 4.79 Å². The molecule has 0 spiro atoms. The van der Waals surface area contributed by atoms with E-state index < -0.39 is 0 Å². The number of carbonyl (C=O) groups is 1. The Hall–Kier alpha value is -2.17. The van der Waals surface area contributed by atoms with Gasteiger partial charge in [-0.05, 0) is 43.9 Å². The zero-order chi connectivity index (χ0) is 13.7. The fraction of sp³-hybridized carbons (Fsp3) is 0.357. The molecule has 100 valence electrons. The summed E-state index contributed by atoms with van der Waals surface area (Å²) in [7, 11) is 1.64. The lowest BCUT2D eigenvalue weighted by molar-refractivity contribution is -0.117. The number of allylic oxidation sites excluding steroid dienone is 5. The van der Waals surface area contributed by atoms with E-state index in [0.717, 1.165) is 42.7 Å². The fourth-order valence-corrected chi connectivity index (χ4v) is 1.94. The number of hydrogen-bond donors (Lipinski definition) is 3. The van der Waals surface area contributed by atoms with Gasteiger partial charge in [-0.3, -0.25) is 10.2 Å². The standard InChI is InChI=1S/C14H18N4O/c1-16-14(19)10-2-6-12(7-3-10)17-18-13-8-4-11(15)5-9-13/h2,4,6,8,15,17H,3,5,7,9H2,1H3,(H,16,19). The summed E-state index contributed by atoms with van der Waals surface area (Å²) in [5.41, 5.74) is 6.44. The van der Waals surface area contributed by atoms with Gasteiger partial charge in [-0.1, -0.05) is 6.08 Å². The average Bonchev–Trinajstić information content (AvgIpc) is 2.46. The summed E-state index contributed by atoms with van der Waals surface area (Å²) in [4.78, 5) is 11.4. The second-order valence-electron chi connectivity index (χ2n) is 4.54. The number of hydrazone groups is 1. The van der Waals surface area contributed by atoms with Crippen LogP contribution in [0, 0.1) is 5.41 Å². The lowest BCUT2D eigenvalue weighted by atomic mass is 10.0. The van der Waals surface area contributed by atoms with Crippen molar-refractivity contribution in [2.75, 3.05) is 7.05 Å². The predicted octanol–water partition coefficient (Wildman–Crippen LogP) is 1.65. The second-order valence-corrected chi connectivity index (χ2v) is 4.54. The molecule has 0 saturated carbocycles. The molecule has 0 radical (unpaired) electrons. The van der Waals surface area contributed by atoms with E-state index >= 15 is 0 Å². The molecule has 0 saturated heterocycles. The molecule has 0 aliphatic heterocycles. The Morgan fingerprint density at radius 2 is 2.05 bits per heavy atom. The number of carbonyl (C=O) groups excluding carboxylic acids is 1. The highest BCUT2D eigenvalue weighted by Crippen LogP contribution is 2.16. The van der Waals surface area contributed by atoms with Crippen LogP contribution >= 0.6 is 0 Å². The normalized spacial score (nSPS) is 20.9. The van der Waals surface area contributed by atoms with Crippen molar-refractivity contribution in [1.82, 2.24) is 10.7 Å². The maximum Gasteiger partial charge on any atom is 0.246 e. The monoisotopic (exact) mass is 258 g/mol. The minimum atomic E-state index is -0.0182. The maximum absolute atomic E-state index is 11.4. The van der Waals surface area contributed by atoms with E-state index in [2.05, 4.69) is 15.8 Å². The van der Waals surface area contributed by atoms with E-state index in [4.69, 9.17) is 5.41 Å². The van der Waals surface area contributed by atoms with Crippen LogP contribution < -0.4 is 10.7 Å². The van der Waals surface area contributed by atoms with Crippen molar-refractivity contribution in [3.8, 4) is 0 Å². The Morgan fingerprint density at radius 3 is 2.63 bits per heavy atom. The van der Waals surface area contributed by atoms with Crippen molar-refractivity contribution in [3.05, 3.63) is 35.6 Å². The van der Waals surface area contributed by atoms with Crippen LogP contribution in [-0.2, 0) is 4.79 Å². The van der Waals surface area contributed by atoms with E-state index in [0.29, 0.717) is 5.71 Å². The molecular weight excluding hydrogens is 240 g/mol. The molecule has 5 nitrogen and oxygen atoms in total. The molecule has 2 rings (SSSR count). The van der Waals surface area contributed by atoms with Crippen LogP contribution in [0.1, 0.15) is 25.7 Å². The van der Waals surface area contributed by atoms with E-state index in [1.165, 1.54) is 0 Å². The van der Waals surface area contributed by atoms with Crippen molar-refractivity contribution in [3.63, 3.8) is 0 Å². The number of nitrogens with zero attached hydrogens (tertiary/aromatic N) is 1. The first-order chi connectivity index (χ1) is 9.19. The number of amides is 1. The van der Waals surface area contributed by atoms with Gasteiger partial charge in [0, 0.05) is 24.0 Å². The lowest BCUT2D eigenvalue weighted by Crippen LogP contribution is -2.22. The molecule has 0 heterocycles. The quantitative estimate of drug-likeness (QED) is 0.673. The predicted molar refractivity (Wildman–Crippen MR) is 76.1 cm³/mol. The van der Waals surface area contributed by atoms with Crippen molar-refractivity contribution in [1.29, 1.82) is 5.41 Å². The van der Waals surface area contributed by atoms with Crippen molar-refractivity contribution < 1.29 is 4.79 Å². The second kappa shape index (κ2) is 6.13. The Morgan fingerprint density at radius 1 is 1.21 bits per heavy atom. The smallest absolute Gasteiger partial charge is 0.246 e. The van der Waals surface area contributed by atoms with Gasteiger partial charge in [0.15, 0.2) is 0 Å². The molecule has 2 aliphatic carbocycles. The van der Waals surface area contributed by atoms with Gasteiger partial charge in [0.2, 0.25) is 5.91 Å². The SMILES string of the molecule is CNC(=O)C1=CC=C(NN=C2C=CC(=N)CC2)CC1. The molecule has 0 fully saturated rings. The van der Waals surface area contributed by atoms with Crippen LogP contribution in [0.25, 0.3) is 0 Å². The summed E-state index contributed by atoms with van der Waals surface area (Å²) in [6.45, 7) is 0. The fourth-order valence-electron chi connectivity index (χ4n) is 1.94. The number of likely N-dealkylation sites (N-methyl/N-ethyl adjacent to an activating group) is 1. The molecule has 0 bridgehead atoms. The molecule has 5 heteroatoms. The molecular formula is C14H18N4O. The summed E-state index contributed by atoms with van der Waals surface area (Å²) in [6, 6.07) is 0. The molecule has 0 unspecified atom stereocenters. The van der Waals surface area contributed by atoms with E-state index in [1.807, 2.05) is 18.2 Å². The lowest BCUT2D eigenvalue weighted by Gasteiger charge is -2.14. The topological polar surface area (TPSA) is 77.3 Å². The van der Waals surface area contributed by atoms with E-state index in [1.54, 1.807) is 13.1 Å². The maximum atomic E-state index is 11.4. The number of nitrogens with one attached hydrogen (secondary N) is 3. The molecule has 1 amide bonds. The highest BCUT2D eigenvalue weighted by molar-refractivity contribution is 6.07. The molecule has 0 aromatic carbocycles. The third-order valence-electron chi connectivity index (χ3n) is 3.14. The molecule has 0 aromatic heterocycles.